The van der Waals surface area contributed by atoms with Crippen molar-refractivity contribution in [2.24, 2.45) is 0 Å². The molecule has 5 aromatic rings. The lowest BCUT2D eigenvalue weighted by Gasteiger charge is -2.36. The molecule has 2 aromatic carbocycles. The van der Waals surface area contributed by atoms with Gasteiger partial charge in [-0.2, -0.15) is 5.10 Å². The highest BCUT2D eigenvalue weighted by Gasteiger charge is 2.27. The minimum Gasteiger partial charge on any atom is -0.438 e. The van der Waals surface area contributed by atoms with Crippen molar-refractivity contribution in [1.82, 2.24) is 35.4 Å². The van der Waals surface area contributed by atoms with E-state index >= 15 is 0 Å². The van der Waals surface area contributed by atoms with Crippen LogP contribution in [0.3, 0.4) is 0 Å². The first-order valence-corrected chi connectivity index (χ1v) is 17.3. The molecule has 0 spiro atoms. The Hall–Kier alpha value is -5.13. The maximum Gasteiger partial charge on any atom is 0.272 e. The normalized spacial score (nSPS) is 21.1. The number of pyridine rings is 2. The van der Waals surface area contributed by atoms with E-state index in [9.17, 15) is 14.0 Å². The number of amides is 2. The number of aromatic nitrogens is 3. The second kappa shape index (κ2) is 14.8. The number of rotatable bonds is 9. The predicted octanol–water partition coefficient (Wildman–Crippen LogP) is 5.98. The number of nitrogens with zero attached hydrogens (tertiary/aromatic N) is 4. The average Bonchev–Trinajstić information content (AvgIpc) is 3.55. The average molecular weight is 676 g/mol. The summed E-state index contributed by atoms with van der Waals surface area (Å²) in [7, 11) is 0. The Balaban J connectivity index is 0.970. The minimum absolute atomic E-state index is 0.0270. The monoisotopic (exact) mass is 675 g/mol. The summed E-state index contributed by atoms with van der Waals surface area (Å²) in [5.74, 6) is -0.771. The van der Waals surface area contributed by atoms with Crippen molar-refractivity contribution in [3.05, 3.63) is 114 Å². The first-order valence-electron chi connectivity index (χ1n) is 17.3. The predicted molar refractivity (Wildman–Crippen MR) is 190 cm³/mol. The highest BCUT2D eigenvalue weighted by molar-refractivity contribution is 5.96. The third kappa shape index (κ3) is 8.01. The van der Waals surface area contributed by atoms with Gasteiger partial charge in [0.15, 0.2) is 5.69 Å². The summed E-state index contributed by atoms with van der Waals surface area (Å²) in [6.45, 7) is 7.31. The van der Waals surface area contributed by atoms with Crippen LogP contribution in [-0.4, -0.2) is 68.6 Å². The minimum atomic E-state index is -0.625. The van der Waals surface area contributed by atoms with Crippen molar-refractivity contribution < 1.29 is 18.7 Å². The molecule has 0 radical (unpaired) electrons. The molecule has 1 saturated heterocycles. The van der Waals surface area contributed by atoms with Gasteiger partial charge < -0.3 is 20.7 Å². The number of carbonyl (C=O) groups excluding carboxylic acids is 2. The van der Waals surface area contributed by atoms with E-state index in [4.69, 9.17) is 4.74 Å². The molecule has 11 heteroatoms. The topological polar surface area (TPSA) is 113 Å². The van der Waals surface area contributed by atoms with Gasteiger partial charge in [0.25, 0.3) is 11.8 Å². The SMILES string of the molecule is C[C@@H]1CN(Cc2cccc(-c3cccc(Oc4ncc(F)cc4C(=O)N[C@H]4CC[C@H](NC(=O)c5cc6ccccn6n5)CC4)c3)c2)C[C@H](C)N1. The lowest BCUT2D eigenvalue weighted by Crippen LogP contribution is -2.53. The number of fused-ring (bicyclic) bond motifs is 1. The molecule has 7 rings (SSSR count). The molecule has 0 bridgehead atoms. The lowest BCUT2D eigenvalue weighted by molar-refractivity contribution is 0.0887. The van der Waals surface area contributed by atoms with Crippen LogP contribution in [0.15, 0.2) is 91.3 Å². The standard InChI is InChI=1S/C39H42FN7O3/c1-25-22-46(23-26(2)42-25)24-27-7-5-8-28(17-27)29-9-6-11-34(18-29)50-39-35(19-30(40)21-41-39)37(48)43-31-12-14-32(15-13-31)44-38(49)36-20-33-10-3-4-16-47(33)45-36/h3-11,16-21,25-26,31-32,42H,12-15,22-24H2,1-2H3,(H,43,48)(H,44,49)/t25-,26+,31-,32-. The molecule has 4 heterocycles. The zero-order valence-corrected chi connectivity index (χ0v) is 28.3. The summed E-state index contributed by atoms with van der Waals surface area (Å²) >= 11 is 0. The van der Waals surface area contributed by atoms with Gasteiger partial charge in [-0.1, -0.05) is 36.4 Å². The van der Waals surface area contributed by atoms with Crippen molar-refractivity contribution in [1.29, 1.82) is 0 Å². The Morgan fingerprint density at radius 3 is 2.30 bits per heavy atom. The zero-order valence-electron chi connectivity index (χ0n) is 28.3. The van der Waals surface area contributed by atoms with Crippen LogP contribution in [0.4, 0.5) is 4.39 Å². The Bertz CT molecular complexity index is 1950. The second-order valence-corrected chi connectivity index (χ2v) is 13.6. The molecule has 3 N–H and O–H groups in total. The molecular formula is C39H42FN7O3. The first-order chi connectivity index (χ1) is 24.3. The van der Waals surface area contributed by atoms with Gasteiger partial charge in [-0.25, -0.2) is 13.9 Å². The van der Waals surface area contributed by atoms with Crippen LogP contribution < -0.4 is 20.7 Å². The van der Waals surface area contributed by atoms with E-state index in [1.165, 1.54) is 5.56 Å². The van der Waals surface area contributed by atoms with Crippen molar-refractivity contribution in [3.63, 3.8) is 0 Å². The van der Waals surface area contributed by atoms with E-state index in [2.05, 4.69) is 69.0 Å². The third-order valence-electron chi connectivity index (χ3n) is 9.41. The molecule has 2 aliphatic rings. The van der Waals surface area contributed by atoms with E-state index in [1.54, 1.807) is 22.8 Å². The van der Waals surface area contributed by atoms with Gasteiger partial charge in [0, 0.05) is 50.0 Å². The summed E-state index contributed by atoms with van der Waals surface area (Å²) in [5.41, 5.74) is 4.50. The molecule has 0 unspecified atom stereocenters. The first kappa shape index (κ1) is 33.4. The third-order valence-corrected chi connectivity index (χ3v) is 9.41. The summed E-state index contributed by atoms with van der Waals surface area (Å²) in [6.07, 6.45) is 5.56. The number of hydrogen-bond donors (Lipinski definition) is 3. The zero-order chi connectivity index (χ0) is 34.6. The van der Waals surface area contributed by atoms with Crippen molar-refractivity contribution >= 4 is 17.3 Å². The van der Waals surface area contributed by atoms with Crippen LogP contribution >= 0.6 is 0 Å². The number of nitrogens with one attached hydrogen (secondary N) is 3. The fourth-order valence-corrected chi connectivity index (χ4v) is 7.15. The molecule has 1 aliphatic carbocycles. The fourth-order valence-electron chi connectivity index (χ4n) is 7.15. The van der Waals surface area contributed by atoms with Crippen molar-refractivity contribution in [3.8, 4) is 22.8 Å². The van der Waals surface area contributed by atoms with Crippen LogP contribution in [0.25, 0.3) is 16.6 Å². The van der Waals surface area contributed by atoms with Gasteiger partial charge in [0.1, 0.15) is 17.1 Å². The summed E-state index contributed by atoms with van der Waals surface area (Å²) in [4.78, 5) is 32.9. The second-order valence-electron chi connectivity index (χ2n) is 13.6. The number of halogens is 1. The smallest absolute Gasteiger partial charge is 0.272 e. The maximum atomic E-state index is 14.4. The van der Waals surface area contributed by atoms with E-state index in [-0.39, 0.29) is 29.4 Å². The van der Waals surface area contributed by atoms with E-state index in [0.29, 0.717) is 49.2 Å². The highest BCUT2D eigenvalue weighted by Crippen LogP contribution is 2.30. The molecule has 1 aliphatic heterocycles. The van der Waals surface area contributed by atoms with Gasteiger partial charge in [-0.3, -0.25) is 14.5 Å². The summed E-state index contributed by atoms with van der Waals surface area (Å²) in [6, 6.07) is 25.4. The van der Waals surface area contributed by atoms with E-state index in [0.717, 1.165) is 48.5 Å². The van der Waals surface area contributed by atoms with Crippen molar-refractivity contribution in [2.45, 2.75) is 70.2 Å². The van der Waals surface area contributed by atoms with Gasteiger partial charge in [-0.05, 0) is 98.7 Å². The number of hydrogen-bond acceptors (Lipinski definition) is 7. The number of piperazine rings is 1. The highest BCUT2D eigenvalue weighted by atomic mass is 19.1. The Kier molecular flexibility index (Phi) is 9.86. The van der Waals surface area contributed by atoms with E-state index in [1.807, 2.05) is 36.4 Å². The molecular weight excluding hydrogens is 633 g/mol. The molecule has 2 amide bonds. The molecule has 2 fully saturated rings. The van der Waals surface area contributed by atoms with Gasteiger partial charge in [0.05, 0.1) is 11.7 Å². The number of ether oxygens (including phenoxy) is 1. The fraction of sp³-hybridized carbons (Fsp3) is 0.333. The summed E-state index contributed by atoms with van der Waals surface area (Å²) < 4.78 is 22.2. The molecule has 50 heavy (non-hydrogen) atoms. The molecule has 10 nitrogen and oxygen atoms in total. The molecule has 3 aromatic heterocycles. The number of benzene rings is 2. The van der Waals surface area contributed by atoms with Gasteiger partial charge >= 0.3 is 0 Å². The molecule has 1 saturated carbocycles. The van der Waals surface area contributed by atoms with Crippen molar-refractivity contribution in [2.75, 3.05) is 13.1 Å². The van der Waals surface area contributed by atoms with Crippen LogP contribution in [-0.2, 0) is 6.54 Å². The Morgan fingerprint density at radius 1 is 0.860 bits per heavy atom. The molecule has 2 atom stereocenters. The maximum absolute atomic E-state index is 14.4. The van der Waals surface area contributed by atoms with Crippen LogP contribution in [0.2, 0.25) is 0 Å². The summed E-state index contributed by atoms with van der Waals surface area (Å²) in [5, 5.41) is 14.0. The Morgan fingerprint density at radius 2 is 1.56 bits per heavy atom. The lowest BCUT2D eigenvalue weighted by atomic mass is 9.91. The molecule has 258 valence electrons. The largest absolute Gasteiger partial charge is 0.438 e. The Labute approximate surface area is 291 Å². The quantitative estimate of drug-likeness (QED) is 0.176. The van der Waals surface area contributed by atoms with E-state index < -0.39 is 11.7 Å². The van der Waals surface area contributed by atoms with Gasteiger partial charge in [-0.15, -0.1) is 0 Å². The van der Waals surface area contributed by atoms with Gasteiger partial charge in [0.2, 0.25) is 5.88 Å². The van der Waals surface area contributed by atoms with Crippen LogP contribution in [0, 0.1) is 5.82 Å². The van der Waals surface area contributed by atoms with Crippen LogP contribution in [0.5, 0.6) is 11.6 Å². The van der Waals surface area contributed by atoms with Crippen LogP contribution in [0.1, 0.15) is 65.9 Å². The number of carbonyl (C=O) groups is 2.